The highest BCUT2D eigenvalue weighted by Crippen LogP contribution is 2.30. The molecule has 2 rings (SSSR count). The van der Waals surface area contributed by atoms with Gasteiger partial charge in [-0.05, 0) is 40.9 Å². The van der Waals surface area contributed by atoms with Crippen LogP contribution in [0.2, 0.25) is 0 Å². The molecule has 0 bridgehead atoms. The number of hydrogen-bond acceptors (Lipinski definition) is 2. The highest BCUT2D eigenvalue weighted by molar-refractivity contribution is 9.10. The predicted molar refractivity (Wildman–Crippen MR) is 77.5 cm³/mol. The summed E-state index contributed by atoms with van der Waals surface area (Å²) in [5.74, 6) is -0.526. The molecule has 2 nitrogen and oxygen atoms in total. The SMILES string of the molecule is CC(C)NCC1CCN(c2cc(Br)c(F)cc2F)C1. The Kier molecular flexibility index (Phi) is 4.79. The molecule has 106 valence electrons. The van der Waals surface area contributed by atoms with Crippen LogP contribution in [0.1, 0.15) is 20.3 Å². The van der Waals surface area contributed by atoms with Crippen molar-refractivity contribution in [3.8, 4) is 0 Å². The average Bonchev–Trinajstić information content (AvgIpc) is 2.80. The number of halogens is 3. The van der Waals surface area contributed by atoms with Crippen LogP contribution in [0, 0.1) is 17.6 Å². The molecular weight excluding hydrogens is 314 g/mol. The van der Waals surface area contributed by atoms with Gasteiger partial charge in [0.2, 0.25) is 0 Å². The molecular formula is C14H19BrF2N2. The molecule has 5 heteroatoms. The first-order valence-corrected chi connectivity index (χ1v) is 7.39. The first kappa shape index (κ1) is 14.7. The van der Waals surface area contributed by atoms with Crippen LogP contribution in [0.25, 0.3) is 0 Å². The van der Waals surface area contributed by atoms with E-state index in [4.69, 9.17) is 0 Å². The summed E-state index contributed by atoms with van der Waals surface area (Å²) in [6.45, 7) is 6.80. The van der Waals surface area contributed by atoms with E-state index in [1.54, 1.807) is 0 Å². The van der Waals surface area contributed by atoms with Crippen LogP contribution in [-0.4, -0.2) is 25.7 Å². The third-order valence-corrected chi connectivity index (χ3v) is 4.04. The molecule has 1 atom stereocenters. The lowest BCUT2D eigenvalue weighted by atomic mass is 10.1. The molecule has 1 unspecified atom stereocenters. The van der Waals surface area contributed by atoms with E-state index < -0.39 is 11.6 Å². The second-order valence-electron chi connectivity index (χ2n) is 5.38. The van der Waals surface area contributed by atoms with Crippen LogP contribution in [0.5, 0.6) is 0 Å². The van der Waals surface area contributed by atoms with Crippen LogP contribution in [0.3, 0.4) is 0 Å². The van der Waals surface area contributed by atoms with E-state index in [2.05, 4.69) is 35.1 Å². The summed E-state index contributed by atoms with van der Waals surface area (Å²) in [4.78, 5) is 1.99. The normalized spacial score (nSPS) is 19.5. The van der Waals surface area contributed by atoms with Crippen molar-refractivity contribution < 1.29 is 8.78 Å². The average molecular weight is 333 g/mol. The van der Waals surface area contributed by atoms with Gasteiger partial charge in [-0.15, -0.1) is 0 Å². The fourth-order valence-corrected chi connectivity index (χ4v) is 2.71. The van der Waals surface area contributed by atoms with Crippen molar-refractivity contribution in [2.45, 2.75) is 26.3 Å². The quantitative estimate of drug-likeness (QED) is 0.848. The molecule has 19 heavy (non-hydrogen) atoms. The molecule has 0 aromatic heterocycles. The van der Waals surface area contributed by atoms with E-state index in [9.17, 15) is 8.78 Å². The monoisotopic (exact) mass is 332 g/mol. The minimum Gasteiger partial charge on any atom is -0.369 e. The molecule has 0 saturated carbocycles. The van der Waals surface area contributed by atoms with Gasteiger partial charge in [-0.25, -0.2) is 8.78 Å². The molecule has 1 saturated heterocycles. The zero-order valence-corrected chi connectivity index (χ0v) is 12.8. The Hall–Kier alpha value is -0.680. The van der Waals surface area contributed by atoms with Crippen LogP contribution < -0.4 is 10.2 Å². The van der Waals surface area contributed by atoms with Gasteiger partial charge in [-0.1, -0.05) is 13.8 Å². The Balaban J connectivity index is 2.02. The lowest BCUT2D eigenvalue weighted by Crippen LogP contribution is -2.30. The van der Waals surface area contributed by atoms with Crippen LogP contribution in [0.15, 0.2) is 16.6 Å². The minimum atomic E-state index is -0.557. The van der Waals surface area contributed by atoms with Gasteiger partial charge in [0.05, 0.1) is 10.2 Å². The molecule has 1 fully saturated rings. The zero-order valence-electron chi connectivity index (χ0n) is 11.2. The van der Waals surface area contributed by atoms with Gasteiger partial charge in [0.1, 0.15) is 11.6 Å². The Bertz CT molecular complexity index is 451. The number of hydrogen-bond donors (Lipinski definition) is 1. The maximum atomic E-state index is 13.8. The maximum absolute atomic E-state index is 13.8. The molecule has 0 spiro atoms. The Morgan fingerprint density at radius 3 is 2.79 bits per heavy atom. The molecule has 1 aliphatic rings. The molecule has 1 N–H and O–H groups in total. The number of nitrogens with zero attached hydrogens (tertiary/aromatic N) is 1. The highest BCUT2D eigenvalue weighted by Gasteiger charge is 2.25. The van der Waals surface area contributed by atoms with Crippen LogP contribution in [0.4, 0.5) is 14.5 Å². The first-order chi connectivity index (χ1) is 8.97. The van der Waals surface area contributed by atoms with Crippen molar-refractivity contribution >= 4 is 21.6 Å². The second kappa shape index (κ2) is 6.18. The Morgan fingerprint density at radius 2 is 2.11 bits per heavy atom. The lowest BCUT2D eigenvalue weighted by Gasteiger charge is -2.20. The van der Waals surface area contributed by atoms with Crippen molar-refractivity contribution in [1.29, 1.82) is 0 Å². The summed E-state index contributed by atoms with van der Waals surface area (Å²) < 4.78 is 27.3. The van der Waals surface area contributed by atoms with Crippen molar-refractivity contribution in [3.63, 3.8) is 0 Å². The summed E-state index contributed by atoms with van der Waals surface area (Å²) in [6, 6.07) is 2.94. The van der Waals surface area contributed by atoms with E-state index in [-0.39, 0.29) is 0 Å². The van der Waals surface area contributed by atoms with Gasteiger partial charge in [0.15, 0.2) is 0 Å². The topological polar surface area (TPSA) is 15.3 Å². The largest absolute Gasteiger partial charge is 0.369 e. The molecule has 0 radical (unpaired) electrons. The predicted octanol–water partition coefficient (Wildman–Crippen LogP) is 3.55. The zero-order chi connectivity index (χ0) is 14.0. The summed E-state index contributed by atoms with van der Waals surface area (Å²) in [7, 11) is 0. The lowest BCUT2D eigenvalue weighted by molar-refractivity contribution is 0.479. The maximum Gasteiger partial charge on any atom is 0.149 e. The third-order valence-electron chi connectivity index (χ3n) is 3.43. The summed E-state index contributed by atoms with van der Waals surface area (Å²) in [6.07, 6.45) is 1.04. The van der Waals surface area contributed by atoms with Crippen LogP contribution in [-0.2, 0) is 0 Å². The molecule has 0 amide bonds. The van der Waals surface area contributed by atoms with E-state index >= 15 is 0 Å². The fraction of sp³-hybridized carbons (Fsp3) is 0.571. The minimum absolute atomic E-state index is 0.313. The van der Waals surface area contributed by atoms with Crippen molar-refractivity contribution in [3.05, 3.63) is 28.2 Å². The van der Waals surface area contributed by atoms with Crippen LogP contribution >= 0.6 is 15.9 Å². The van der Waals surface area contributed by atoms with Gasteiger partial charge in [0, 0.05) is 25.2 Å². The molecule has 1 aromatic rings. The number of anilines is 1. The van der Waals surface area contributed by atoms with E-state index in [0.717, 1.165) is 32.1 Å². The summed E-state index contributed by atoms with van der Waals surface area (Å²) in [5.41, 5.74) is 0.486. The summed E-state index contributed by atoms with van der Waals surface area (Å²) in [5, 5.41) is 3.40. The number of rotatable bonds is 4. The van der Waals surface area contributed by atoms with Crippen molar-refractivity contribution in [2.75, 3.05) is 24.5 Å². The van der Waals surface area contributed by atoms with Gasteiger partial charge in [-0.3, -0.25) is 0 Å². The third kappa shape index (κ3) is 3.66. The smallest absolute Gasteiger partial charge is 0.149 e. The van der Waals surface area contributed by atoms with Crippen molar-refractivity contribution in [1.82, 2.24) is 5.32 Å². The van der Waals surface area contributed by atoms with Gasteiger partial charge < -0.3 is 10.2 Å². The molecule has 1 heterocycles. The number of benzene rings is 1. The van der Waals surface area contributed by atoms with Gasteiger partial charge in [0.25, 0.3) is 0 Å². The Labute approximate surface area is 121 Å². The van der Waals surface area contributed by atoms with Gasteiger partial charge in [-0.2, -0.15) is 0 Å². The standard InChI is InChI=1S/C14H19BrF2N2/c1-9(2)18-7-10-3-4-19(8-10)14-5-11(15)12(16)6-13(14)17/h5-6,9-10,18H,3-4,7-8H2,1-2H3. The Morgan fingerprint density at radius 1 is 1.37 bits per heavy atom. The van der Waals surface area contributed by atoms with Gasteiger partial charge >= 0.3 is 0 Å². The second-order valence-corrected chi connectivity index (χ2v) is 6.24. The molecule has 0 aliphatic carbocycles. The fourth-order valence-electron chi connectivity index (χ4n) is 2.37. The molecule has 1 aliphatic heterocycles. The van der Waals surface area contributed by atoms with E-state index in [1.807, 2.05) is 4.90 Å². The molecule has 1 aromatic carbocycles. The van der Waals surface area contributed by atoms with E-state index in [0.29, 0.717) is 22.1 Å². The van der Waals surface area contributed by atoms with E-state index in [1.165, 1.54) is 6.07 Å². The summed E-state index contributed by atoms with van der Waals surface area (Å²) >= 11 is 3.11. The number of nitrogens with one attached hydrogen (secondary N) is 1. The first-order valence-electron chi connectivity index (χ1n) is 6.60. The highest BCUT2D eigenvalue weighted by atomic mass is 79.9. The van der Waals surface area contributed by atoms with Crippen molar-refractivity contribution in [2.24, 2.45) is 5.92 Å².